The molecule has 0 unspecified atom stereocenters. The minimum atomic E-state index is -1.55. The first-order valence-corrected chi connectivity index (χ1v) is 4.85. The Kier molecular flexibility index (Phi) is 2.57. The fraction of sp³-hybridized carbons (Fsp3) is 0.182. The Bertz CT molecular complexity index is 620. The fourth-order valence-electron chi connectivity index (χ4n) is 1.48. The second kappa shape index (κ2) is 3.80. The summed E-state index contributed by atoms with van der Waals surface area (Å²) in [6, 6.07) is 1.52. The molecule has 0 radical (unpaired) electrons. The van der Waals surface area contributed by atoms with E-state index in [1.807, 2.05) is 0 Å². The minimum absolute atomic E-state index is 0.0809. The Morgan fingerprint density at radius 2 is 1.65 bits per heavy atom. The molecule has 1 heterocycles. The number of benzene rings is 1. The lowest BCUT2D eigenvalue weighted by atomic mass is 10.3. The number of rotatable bonds is 1. The number of nitrogens with zero attached hydrogens (tertiary/aromatic N) is 1. The first-order valence-electron chi connectivity index (χ1n) is 4.85. The van der Waals surface area contributed by atoms with E-state index >= 15 is 0 Å². The molecule has 1 aromatic carbocycles. The van der Waals surface area contributed by atoms with Crippen LogP contribution in [0.1, 0.15) is 11.3 Å². The SMILES string of the molecule is Cc1[nH]n(-c2cc(F)c(F)c(F)c2)c(=O)c1C. The normalized spacial score (nSPS) is 10.9. The van der Waals surface area contributed by atoms with Crippen molar-refractivity contribution in [3.63, 3.8) is 0 Å². The largest absolute Gasteiger partial charge is 0.295 e. The van der Waals surface area contributed by atoms with Crippen LogP contribution in [0, 0.1) is 31.3 Å². The number of aromatic nitrogens is 2. The monoisotopic (exact) mass is 242 g/mol. The minimum Gasteiger partial charge on any atom is -0.295 e. The number of nitrogens with one attached hydrogen (secondary N) is 1. The Morgan fingerprint density at radius 1 is 1.12 bits per heavy atom. The van der Waals surface area contributed by atoms with Gasteiger partial charge in [0, 0.05) is 23.4 Å². The predicted molar refractivity (Wildman–Crippen MR) is 55.7 cm³/mol. The van der Waals surface area contributed by atoms with Gasteiger partial charge in [-0.2, -0.15) is 0 Å². The van der Waals surface area contributed by atoms with E-state index in [4.69, 9.17) is 0 Å². The average molecular weight is 242 g/mol. The van der Waals surface area contributed by atoms with Gasteiger partial charge in [-0.15, -0.1) is 0 Å². The molecule has 2 rings (SSSR count). The van der Waals surface area contributed by atoms with Crippen molar-refractivity contribution < 1.29 is 13.2 Å². The molecule has 0 saturated carbocycles. The zero-order valence-corrected chi connectivity index (χ0v) is 9.14. The third kappa shape index (κ3) is 1.75. The number of aryl methyl sites for hydroxylation is 1. The maximum absolute atomic E-state index is 13.0. The summed E-state index contributed by atoms with van der Waals surface area (Å²) < 4.78 is 39.8. The van der Waals surface area contributed by atoms with Gasteiger partial charge in [-0.3, -0.25) is 9.89 Å². The molecule has 0 saturated heterocycles. The third-order valence-corrected chi connectivity index (χ3v) is 2.59. The molecule has 0 atom stereocenters. The van der Waals surface area contributed by atoms with Crippen LogP contribution in [-0.4, -0.2) is 9.78 Å². The second-order valence-electron chi connectivity index (χ2n) is 3.73. The molecule has 0 spiro atoms. The molecule has 0 fully saturated rings. The highest BCUT2D eigenvalue weighted by molar-refractivity contribution is 5.34. The molecule has 0 aliphatic rings. The molecule has 1 aromatic heterocycles. The van der Waals surface area contributed by atoms with Gasteiger partial charge in [0.2, 0.25) is 0 Å². The van der Waals surface area contributed by atoms with E-state index in [1.165, 1.54) is 0 Å². The topological polar surface area (TPSA) is 37.8 Å². The van der Waals surface area contributed by atoms with Crippen LogP contribution < -0.4 is 5.56 Å². The summed E-state index contributed by atoms with van der Waals surface area (Å²) in [5.74, 6) is -4.23. The summed E-state index contributed by atoms with van der Waals surface area (Å²) >= 11 is 0. The summed E-state index contributed by atoms with van der Waals surface area (Å²) in [4.78, 5) is 11.7. The van der Waals surface area contributed by atoms with Crippen LogP contribution in [0.5, 0.6) is 0 Å². The molecule has 0 amide bonds. The third-order valence-electron chi connectivity index (χ3n) is 2.59. The summed E-state index contributed by atoms with van der Waals surface area (Å²) in [6.07, 6.45) is 0. The van der Waals surface area contributed by atoms with E-state index in [0.29, 0.717) is 11.3 Å². The lowest BCUT2D eigenvalue weighted by Gasteiger charge is -2.03. The van der Waals surface area contributed by atoms with Crippen LogP contribution >= 0.6 is 0 Å². The lowest BCUT2D eigenvalue weighted by molar-refractivity contribution is 0.445. The highest BCUT2D eigenvalue weighted by Crippen LogP contribution is 2.15. The Morgan fingerprint density at radius 3 is 2.06 bits per heavy atom. The molecule has 6 heteroatoms. The van der Waals surface area contributed by atoms with Gasteiger partial charge >= 0.3 is 0 Å². The summed E-state index contributed by atoms with van der Waals surface area (Å²) in [7, 11) is 0. The standard InChI is InChI=1S/C11H9F3N2O/c1-5-6(2)15-16(11(5)17)7-3-8(12)10(14)9(13)4-7/h3-4,15H,1-2H3. The van der Waals surface area contributed by atoms with Crippen LogP contribution in [0.25, 0.3) is 5.69 Å². The molecular weight excluding hydrogens is 233 g/mol. The molecule has 0 aliphatic heterocycles. The highest BCUT2D eigenvalue weighted by Gasteiger charge is 2.14. The van der Waals surface area contributed by atoms with Crippen molar-refractivity contribution in [2.75, 3.05) is 0 Å². The van der Waals surface area contributed by atoms with Crippen molar-refractivity contribution in [1.82, 2.24) is 9.78 Å². The quantitative estimate of drug-likeness (QED) is 0.765. The Hall–Kier alpha value is -1.98. The Balaban J connectivity index is 2.69. The van der Waals surface area contributed by atoms with Gasteiger partial charge in [-0.25, -0.2) is 17.9 Å². The molecule has 90 valence electrons. The molecule has 17 heavy (non-hydrogen) atoms. The van der Waals surface area contributed by atoms with Gasteiger partial charge in [0.1, 0.15) is 0 Å². The summed E-state index contributed by atoms with van der Waals surface area (Å²) in [5.41, 5.74) is 0.519. The van der Waals surface area contributed by atoms with E-state index in [2.05, 4.69) is 5.10 Å². The smallest absolute Gasteiger partial charge is 0.274 e. The van der Waals surface area contributed by atoms with E-state index < -0.39 is 23.0 Å². The molecule has 0 bridgehead atoms. The number of hydrogen-bond acceptors (Lipinski definition) is 1. The average Bonchev–Trinajstić information content (AvgIpc) is 2.53. The van der Waals surface area contributed by atoms with E-state index in [-0.39, 0.29) is 5.69 Å². The zero-order valence-electron chi connectivity index (χ0n) is 9.14. The summed E-state index contributed by atoms with van der Waals surface area (Å²) in [6.45, 7) is 3.24. The van der Waals surface area contributed by atoms with Crippen LogP contribution in [-0.2, 0) is 0 Å². The fourth-order valence-corrected chi connectivity index (χ4v) is 1.48. The van der Waals surface area contributed by atoms with Gasteiger partial charge in [0.25, 0.3) is 5.56 Å². The predicted octanol–water partition coefficient (Wildman–Crippen LogP) is 2.20. The molecule has 0 aliphatic carbocycles. The molecule has 3 nitrogen and oxygen atoms in total. The lowest BCUT2D eigenvalue weighted by Crippen LogP contribution is -2.16. The van der Waals surface area contributed by atoms with Gasteiger partial charge < -0.3 is 0 Å². The molecular formula is C11H9F3N2O. The van der Waals surface area contributed by atoms with Crippen LogP contribution in [0.15, 0.2) is 16.9 Å². The van der Waals surface area contributed by atoms with Gasteiger partial charge in [-0.1, -0.05) is 0 Å². The maximum Gasteiger partial charge on any atom is 0.274 e. The number of aromatic amines is 1. The zero-order chi connectivity index (χ0) is 12.7. The number of hydrogen-bond donors (Lipinski definition) is 1. The highest BCUT2D eigenvalue weighted by atomic mass is 19.2. The van der Waals surface area contributed by atoms with Crippen molar-refractivity contribution in [2.24, 2.45) is 0 Å². The van der Waals surface area contributed by atoms with E-state index in [9.17, 15) is 18.0 Å². The molecule has 1 N–H and O–H groups in total. The van der Waals surface area contributed by atoms with Gasteiger partial charge in [0.05, 0.1) is 5.69 Å². The van der Waals surface area contributed by atoms with Crippen LogP contribution in [0.2, 0.25) is 0 Å². The van der Waals surface area contributed by atoms with E-state index in [1.54, 1.807) is 13.8 Å². The van der Waals surface area contributed by atoms with Crippen LogP contribution in [0.3, 0.4) is 0 Å². The van der Waals surface area contributed by atoms with E-state index in [0.717, 1.165) is 16.8 Å². The second-order valence-corrected chi connectivity index (χ2v) is 3.73. The first kappa shape index (κ1) is 11.5. The summed E-state index contributed by atoms with van der Waals surface area (Å²) in [5, 5.41) is 2.65. The van der Waals surface area contributed by atoms with Crippen molar-refractivity contribution in [1.29, 1.82) is 0 Å². The van der Waals surface area contributed by atoms with Crippen molar-refractivity contribution >= 4 is 0 Å². The van der Waals surface area contributed by atoms with Crippen molar-refractivity contribution in [2.45, 2.75) is 13.8 Å². The van der Waals surface area contributed by atoms with Crippen molar-refractivity contribution in [3.8, 4) is 5.69 Å². The number of H-pyrrole nitrogens is 1. The Labute approximate surface area is 94.5 Å². The van der Waals surface area contributed by atoms with Gasteiger partial charge in [-0.05, 0) is 13.8 Å². The van der Waals surface area contributed by atoms with Gasteiger partial charge in [0.15, 0.2) is 17.5 Å². The number of halogens is 3. The van der Waals surface area contributed by atoms with Crippen LogP contribution in [0.4, 0.5) is 13.2 Å². The molecule has 2 aromatic rings. The van der Waals surface area contributed by atoms with Crippen molar-refractivity contribution in [3.05, 3.63) is 51.2 Å². The maximum atomic E-state index is 13.0. The first-order chi connectivity index (χ1) is 7.91.